The number of hydrogen-bond donors (Lipinski definition) is 0. The summed E-state index contributed by atoms with van der Waals surface area (Å²) in [5.41, 5.74) is -1.14. The molecule has 0 aliphatic heterocycles. The first-order chi connectivity index (χ1) is 14.2. The molecule has 154 valence electrons. The van der Waals surface area contributed by atoms with E-state index in [1.807, 2.05) is 0 Å². The highest BCUT2D eigenvalue weighted by molar-refractivity contribution is 7.21. The molecule has 0 saturated carbocycles. The van der Waals surface area contributed by atoms with Gasteiger partial charge in [-0.1, -0.05) is 19.1 Å². The van der Waals surface area contributed by atoms with Gasteiger partial charge in [0.25, 0.3) is 0 Å². The zero-order valence-corrected chi connectivity index (χ0v) is 16.6. The number of ether oxygens (including phenoxy) is 1. The lowest BCUT2D eigenvalue weighted by molar-refractivity contribution is -0.152. The van der Waals surface area contributed by atoms with Crippen molar-refractivity contribution in [3.8, 4) is 16.3 Å². The molecule has 2 heterocycles. The number of para-hydroxylation sites is 1. The van der Waals surface area contributed by atoms with Gasteiger partial charge in [-0.05, 0) is 31.2 Å². The number of hydrogen-bond acceptors (Lipinski definition) is 6. The Morgan fingerprint density at radius 1 is 1.20 bits per heavy atom. The lowest BCUT2D eigenvalue weighted by atomic mass is 10.1. The Morgan fingerprint density at radius 3 is 2.60 bits per heavy atom. The van der Waals surface area contributed by atoms with Gasteiger partial charge >= 0.3 is 12.1 Å². The average molecular weight is 433 g/mol. The first-order valence-electron chi connectivity index (χ1n) is 8.95. The van der Waals surface area contributed by atoms with Gasteiger partial charge in [0.2, 0.25) is 11.2 Å². The second-order valence-electron chi connectivity index (χ2n) is 6.51. The number of alkyl halides is 3. The molecule has 5 nitrogen and oxygen atoms in total. The van der Waals surface area contributed by atoms with Crippen LogP contribution in [0.2, 0.25) is 0 Å². The molecule has 4 aromatic rings. The molecule has 9 heteroatoms. The third-order valence-corrected chi connectivity index (χ3v) is 5.59. The molecule has 2 aromatic heterocycles. The number of rotatable bonds is 3. The van der Waals surface area contributed by atoms with Crippen molar-refractivity contribution in [3.05, 3.63) is 57.9 Å². The molecule has 0 fully saturated rings. The molecule has 0 amide bonds. The Morgan fingerprint density at radius 2 is 1.93 bits per heavy atom. The molecular weight excluding hydrogens is 419 g/mol. The molecule has 30 heavy (non-hydrogen) atoms. The van der Waals surface area contributed by atoms with Crippen LogP contribution in [0.3, 0.4) is 0 Å². The number of aryl methyl sites for hydroxylation is 1. The Bertz CT molecular complexity index is 1320. The summed E-state index contributed by atoms with van der Waals surface area (Å²) in [6.45, 7) is 3.02. The van der Waals surface area contributed by atoms with Crippen LogP contribution in [-0.2, 0) is 11.0 Å². The number of fused-ring (bicyclic) bond motifs is 2. The number of thiazole rings is 1. The summed E-state index contributed by atoms with van der Waals surface area (Å²) in [6.07, 6.45) is -4.84. The van der Waals surface area contributed by atoms with E-state index in [9.17, 15) is 22.8 Å². The standard InChI is InChI=1S/C21H14F3NO4S/c1-3-15(26)28-13-9-8-11-17(27)16(19(21(22,23)24)29-18(11)10(13)2)20-25-12-6-4-5-7-14(12)30-20/h4-9H,3H2,1-2H3. The average Bonchev–Trinajstić information content (AvgIpc) is 3.13. The third-order valence-electron chi connectivity index (χ3n) is 4.54. The van der Waals surface area contributed by atoms with Crippen LogP contribution < -0.4 is 10.2 Å². The number of benzene rings is 2. The van der Waals surface area contributed by atoms with Crippen molar-refractivity contribution in [2.75, 3.05) is 0 Å². The SMILES string of the molecule is CCC(=O)Oc1ccc2c(=O)c(-c3nc4ccccc4s3)c(C(F)(F)F)oc2c1C. The van der Waals surface area contributed by atoms with Crippen molar-refractivity contribution in [1.82, 2.24) is 4.98 Å². The van der Waals surface area contributed by atoms with E-state index in [0.29, 0.717) is 10.2 Å². The largest absolute Gasteiger partial charge is 0.450 e. The third kappa shape index (κ3) is 3.35. The van der Waals surface area contributed by atoms with E-state index >= 15 is 0 Å². The summed E-state index contributed by atoms with van der Waals surface area (Å²) < 4.78 is 52.6. The molecule has 0 N–H and O–H groups in total. The van der Waals surface area contributed by atoms with Gasteiger partial charge in [0.15, 0.2) is 0 Å². The van der Waals surface area contributed by atoms with Crippen LogP contribution in [0.15, 0.2) is 45.6 Å². The quantitative estimate of drug-likeness (QED) is 0.306. The molecule has 0 aliphatic carbocycles. The Labute approximate surface area is 171 Å². The zero-order chi connectivity index (χ0) is 21.6. The fraction of sp³-hybridized carbons (Fsp3) is 0.190. The van der Waals surface area contributed by atoms with Gasteiger partial charge in [-0.3, -0.25) is 9.59 Å². The monoisotopic (exact) mass is 433 g/mol. The van der Waals surface area contributed by atoms with E-state index in [1.165, 1.54) is 19.1 Å². The summed E-state index contributed by atoms with van der Waals surface area (Å²) in [5.74, 6) is -1.94. The fourth-order valence-electron chi connectivity index (χ4n) is 3.05. The summed E-state index contributed by atoms with van der Waals surface area (Å²) in [5, 5.41) is -0.121. The lowest BCUT2D eigenvalue weighted by Gasteiger charge is -2.13. The van der Waals surface area contributed by atoms with Crippen molar-refractivity contribution < 1.29 is 27.1 Å². The number of esters is 1. The molecule has 0 spiro atoms. The van der Waals surface area contributed by atoms with Gasteiger partial charge in [0, 0.05) is 12.0 Å². The maximum Gasteiger partial charge on any atom is 0.450 e. The van der Waals surface area contributed by atoms with E-state index < -0.39 is 28.9 Å². The first kappa shape index (κ1) is 20.1. The van der Waals surface area contributed by atoms with Crippen molar-refractivity contribution >= 4 is 38.5 Å². The highest BCUT2D eigenvalue weighted by Crippen LogP contribution is 2.40. The van der Waals surface area contributed by atoms with E-state index in [4.69, 9.17) is 9.15 Å². The van der Waals surface area contributed by atoms with Crippen molar-refractivity contribution in [3.63, 3.8) is 0 Å². The Balaban J connectivity index is 2.03. The number of aromatic nitrogens is 1. The summed E-state index contributed by atoms with van der Waals surface area (Å²) in [6, 6.07) is 9.48. The van der Waals surface area contributed by atoms with Crippen LogP contribution in [-0.4, -0.2) is 11.0 Å². The molecule has 0 unspecified atom stereocenters. The zero-order valence-electron chi connectivity index (χ0n) is 15.8. The topological polar surface area (TPSA) is 69.4 Å². The van der Waals surface area contributed by atoms with Gasteiger partial charge in [-0.15, -0.1) is 11.3 Å². The first-order valence-corrected chi connectivity index (χ1v) is 9.76. The Hall–Kier alpha value is -3.20. The maximum absolute atomic E-state index is 13.9. The van der Waals surface area contributed by atoms with Crippen molar-refractivity contribution in [2.45, 2.75) is 26.4 Å². The second kappa shape index (κ2) is 7.24. The smallest absolute Gasteiger partial charge is 0.450 e. The molecule has 0 saturated heterocycles. The van der Waals surface area contributed by atoms with Gasteiger partial charge in [0.05, 0.1) is 15.6 Å². The predicted octanol–water partition coefficient (Wildman–Crippen LogP) is 5.71. The van der Waals surface area contributed by atoms with Crippen LogP contribution in [0.5, 0.6) is 5.75 Å². The molecule has 0 atom stereocenters. The normalized spacial score (nSPS) is 11.9. The molecule has 0 aliphatic rings. The minimum Gasteiger partial charge on any atom is -0.450 e. The van der Waals surface area contributed by atoms with Crippen molar-refractivity contribution in [1.29, 1.82) is 0 Å². The molecular formula is C21H14F3NO4S. The summed E-state index contributed by atoms with van der Waals surface area (Å²) >= 11 is 0.982. The Kier molecular flexibility index (Phi) is 4.85. The molecule has 4 rings (SSSR count). The lowest BCUT2D eigenvalue weighted by Crippen LogP contribution is -2.16. The van der Waals surface area contributed by atoms with Crippen LogP contribution in [0, 0.1) is 6.92 Å². The van der Waals surface area contributed by atoms with Gasteiger partial charge in [0.1, 0.15) is 21.9 Å². The highest BCUT2D eigenvalue weighted by Gasteiger charge is 2.40. The van der Waals surface area contributed by atoms with Gasteiger partial charge < -0.3 is 9.15 Å². The van der Waals surface area contributed by atoms with Crippen LogP contribution >= 0.6 is 11.3 Å². The summed E-state index contributed by atoms with van der Waals surface area (Å²) in [7, 11) is 0. The summed E-state index contributed by atoms with van der Waals surface area (Å²) in [4.78, 5) is 28.9. The minimum absolute atomic E-state index is 0.0401. The minimum atomic E-state index is -4.93. The molecule has 2 aromatic carbocycles. The highest BCUT2D eigenvalue weighted by atomic mass is 32.1. The molecule has 0 bridgehead atoms. The van der Waals surface area contributed by atoms with Gasteiger partial charge in [-0.25, -0.2) is 4.98 Å². The molecule has 0 radical (unpaired) electrons. The van der Waals surface area contributed by atoms with Crippen LogP contribution in [0.4, 0.5) is 13.2 Å². The number of carbonyl (C=O) groups is 1. The van der Waals surface area contributed by atoms with E-state index in [2.05, 4.69) is 4.98 Å². The fourth-order valence-corrected chi connectivity index (χ4v) is 4.06. The van der Waals surface area contributed by atoms with Crippen LogP contribution in [0.25, 0.3) is 31.8 Å². The van der Waals surface area contributed by atoms with E-state index in [-0.39, 0.29) is 33.7 Å². The van der Waals surface area contributed by atoms with E-state index in [0.717, 1.165) is 11.3 Å². The van der Waals surface area contributed by atoms with E-state index in [1.54, 1.807) is 31.2 Å². The van der Waals surface area contributed by atoms with Crippen LogP contribution in [0.1, 0.15) is 24.7 Å². The number of halogens is 3. The van der Waals surface area contributed by atoms with Gasteiger partial charge in [-0.2, -0.15) is 13.2 Å². The number of carbonyl (C=O) groups excluding carboxylic acids is 1. The van der Waals surface area contributed by atoms with Crippen molar-refractivity contribution in [2.24, 2.45) is 0 Å². The number of nitrogens with zero attached hydrogens (tertiary/aromatic N) is 1. The maximum atomic E-state index is 13.9. The predicted molar refractivity (Wildman–Crippen MR) is 107 cm³/mol. The second-order valence-corrected chi connectivity index (χ2v) is 7.54.